The molecule has 1 atom stereocenters. The number of rotatable bonds is 8. The Morgan fingerprint density at radius 3 is 2.68 bits per heavy atom. The summed E-state index contributed by atoms with van der Waals surface area (Å²) in [6.45, 7) is 7.08. The molecule has 0 aromatic heterocycles. The number of benzene rings is 1. The first-order chi connectivity index (χ1) is 16.5. The minimum Gasteiger partial charge on any atom is -0.493 e. The number of methoxy groups -OCH3 is 2. The zero-order valence-corrected chi connectivity index (χ0v) is 20.5. The molecule has 180 valence electrons. The Labute approximate surface area is 203 Å². The van der Waals surface area contributed by atoms with Crippen LogP contribution in [0.5, 0.6) is 11.5 Å². The number of fused-ring (bicyclic) bond motifs is 1. The molecule has 1 fully saturated rings. The molecular formula is C25H29N3O5S. The molecule has 0 unspecified atom stereocenters. The van der Waals surface area contributed by atoms with E-state index in [2.05, 4.69) is 6.58 Å². The molecule has 0 bridgehead atoms. The molecule has 9 heteroatoms. The smallest absolute Gasteiger partial charge is 0.338 e. The van der Waals surface area contributed by atoms with Gasteiger partial charge >= 0.3 is 5.97 Å². The number of amidine groups is 1. The van der Waals surface area contributed by atoms with Gasteiger partial charge in [-0.1, -0.05) is 36.5 Å². The molecule has 0 radical (unpaired) electrons. The van der Waals surface area contributed by atoms with Crippen molar-refractivity contribution in [3.63, 3.8) is 0 Å². The predicted molar refractivity (Wildman–Crippen MR) is 132 cm³/mol. The zero-order valence-electron chi connectivity index (χ0n) is 19.7. The third-order valence-corrected chi connectivity index (χ3v) is 6.96. The van der Waals surface area contributed by atoms with E-state index >= 15 is 0 Å². The third-order valence-electron chi connectivity index (χ3n) is 6.07. The summed E-state index contributed by atoms with van der Waals surface area (Å²) in [6.07, 6.45) is 3.81. The number of hydrogen-bond donors (Lipinski definition) is 0. The highest BCUT2D eigenvalue weighted by Crippen LogP contribution is 2.48. The molecule has 0 N–H and O–H groups in total. The highest BCUT2D eigenvalue weighted by atomic mass is 32.2. The molecule has 3 heterocycles. The van der Waals surface area contributed by atoms with Crippen LogP contribution in [-0.2, 0) is 14.3 Å². The minimum atomic E-state index is -0.595. The maximum absolute atomic E-state index is 13.2. The van der Waals surface area contributed by atoms with Crippen molar-refractivity contribution in [3.05, 3.63) is 58.8 Å². The van der Waals surface area contributed by atoms with E-state index in [0.717, 1.165) is 37.2 Å². The van der Waals surface area contributed by atoms with Gasteiger partial charge in [-0.05, 0) is 31.2 Å². The lowest BCUT2D eigenvalue weighted by Crippen LogP contribution is -2.38. The average Bonchev–Trinajstić information content (AvgIpc) is 3.51. The van der Waals surface area contributed by atoms with E-state index in [1.54, 1.807) is 27.2 Å². The van der Waals surface area contributed by atoms with Gasteiger partial charge in [0.15, 0.2) is 16.7 Å². The van der Waals surface area contributed by atoms with Crippen molar-refractivity contribution < 1.29 is 23.8 Å². The largest absolute Gasteiger partial charge is 0.493 e. The normalized spacial score (nSPS) is 19.4. The highest BCUT2D eigenvalue weighted by Gasteiger charge is 2.43. The number of amides is 1. The number of para-hydroxylation sites is 1. The molecule has 0 saturated carbocycles. The van der Waals surface area contributed by atoms with Crippen molar-refractivity contribution in [2.45, 2.75) is 32.2 Å². The maximum Gasteiger partial charge on any atom is 0.338 e. The van der Waals surface area contributed by atoms with Crippen LogP contribution in [0.1, 0.15) is 37.8 Å². The van der Waals surface area contributed by atoms with E-state index in [4.69, 9.17) is 19.2 Å². The van der Waals surface area contributed by atoms with Crippen molar-refractivity contribution in [2.24, 2.45) is 4.99 Å². The summed E-state index contributed by atoms with van der Waals surface area (Å²) >= 11 is 1.44. The van der Waals surface area contributed by atoms with E-state index in [1.165, 1.54) is 17.8 Å². The van der Waals surface area contributed by atoms with Gasteiger partial charge in [0, 0.05) is 24.4 Å². The van der Waals surface area contributed by atoms with Crippen molar-refractivity contribution >= 4 is 28.8 Å². The van der Waals surface area contributed by atoms with Crippen molar-refractivity contribution in [1.29, 1.82) is 0 Å². The van der Waals surface area contributed by atoms with E-state index in [9.17, 15) is 9.59 Å². The summed E-state index contributed by atoms with van der Waals surface area (Å²) in [5, 5.41) is 2.65. The van der Waals surface area contributed by atoms with Gasteiger partial charge in [0.05, 0.1) is 38.0 Å². The summed E-state index contributed by atoms with van der Waals surface area (Å²) < 4.78 is 16.7. The number of allylic oxidation sites excluding steroid dienone is 1. The Morgan fingerprint density at radius 1 is 1.24 bits per heavy atom. The molecule has 34 heavy (non-hydrogen) atoms. The lowest BCUT2D eigenvalue weighted by Gasteiger charge is -2.37. The molecule has 1 aromatic carbocycles. The number of carbonyl (C=O) groups excluding carboxylic acids is 2. The van der Waals surface area contributed by atoms with E-state index in [1.807, 2.05) is 27.3 Å². The fourth-order valence-corrected chi connectivity index (χ4v) is 5.46. The van der Waals surface area contributed by atoms with Crippen LogP contribution in [-0.4, -0.2) is 60.8 Å². The van der Waals surface area contributed by atoms with Crippen LogP contribution < -0.4 is 9.47 Å². The van der Waals surface area contributed by atoms with Gasteiger partial charge < -0.3 is 24.0 Å². The topological polar surface area (TPSA) is 80.7 Å². The Morgan fingerprint density at radius 2 is 2.00 bits per heavy atom. The van der Waals surface area contributed by atoms with Crippen LogP contribution in [0.4, 0.5) is 0 Å². The molecular weight excluding hydrogens is 454 g/mol. The Balaban J connectivity index is 1.79. The van der Waals surface area contributed by atoms with Gasteiger partial charge in [-0.15, -0.1) is 0 Å². The molecule has 4 rings (SSSR count). The first-order valence-corrected chi connectivity index (χ1v) is 12.1. The van der Waals surface area contributed by atoms with Crippen LogP contribution in [0.25, 0.3) is 0 Å². The van der Waals surface area contributed by atoms with Gasteiger partial charge in [-0.3, -0.25) is 4.79 Å². The first-order valence-electron chi connectivity index (χ1n) is 11.2. The fourth-order valence-electron chi connectivity index (χ4n) is 4.50. The quantitative estimate of drug-likeness (QED) is 0.408. The SMILES string of the molecule is C=CCOC(=O)C1=C(C)N=C2SC=C(CC(=O)N3CCCC3)N2[C@@H]1c1cccc(OC)c1OC. The summed E-state index contributed by atoms with van der Waals surface area (Å²) in [4.78, 5) is 34.8. The maximum atomic E-state index is 13.2. The van der Waals surface area contributed by atoms with E-state index in [0.29, 0.717) is 27.9 Å². The number of hydrogen-bond acceptors (Lipinski definition) is 8. The first kappa shape index (κ1) is 23.9. The van der Waals surface area contributed by atoms with Crippen LogP contribution in [0, 0.1) is 0 Å². The van der Waals surface area contributed by atoms with Crippen LogP contribution >= 0.6 is 11.8 Å². The fraction of sp³-hybridized carbons (Fsp3) is 0.400. The lowest BCUT2D eigenvalue weighted by molar-refractivity contribution is -0.138. The van der Waals surface area contributed by atoms with Crippen molar-refractivity contribution in [3.8, 4) is 11.5 Å². The molecule has 0 aliphatic carbocycles. The molecule has 1 saturated heterocycles. The van der Waals surface area contributed by atoms with Gasteiger partial charge in [-0.2, -0.15) is 0 Å². The summed E-state index contributed by atoms with van der Waals surface area (Å²) in [6, 6.07) is 4.96. The number of thioether (sulfide) groups is 1. The van der Waals surface area contributed by atoms with E-state index < -0.39 is 12.0 Å². The number of aliphatic imine (C=N–C) groups is 1. The summed E-state index contributed by atoms with van der Waals surface area (Å²) in [5.41, 5.74) is 2.46. The van der Waals surface area contributed by atoms with Gasteiger partial charge in [0.1, 0.15) is 6.61 Å². The predicted octanol–water partition coefficient (Wildman–Crippen LogP) is 4.02. The molecule has 3 aliphatic heterocycles. The molecule has 1 aromatic rings. The molecule has 1 amide bonds. The third kappa shape index (κ3) is 4.44. The van der Waals surface area contributed by atoms with Gasteiger partial charge in [0.25, 0.3) is 0 Å². The summed E-state index contributed by atoms with van der Waals surface area (Å²) in [7, 11) is 3.14. The molecule has 3 aliphatic rings. The van der Waals surface area contributed by atoms with E-state index in [-0.39, 0.29) is 18.9 Å². The second-order valence-corrected chi connectivity index (χ2v) is 8.96. The van der Waals surface area contributed by atoms with Crippen LogP contribution in [0.3, 0.4) is 0 Å². The average molecular weight is 484 g/mol. The van der Waals surface area contributed by atoms with Gasteiger partial charge in [-0.25, -0.2) is 9.79 Å². The lowest BCUT2D eigenvalue weighted by atomic mass is 9.92. The molecule has 0 spiro atoms. The Kier molecular flexibility index (Phi) is 7.31. The Bertz CT molecular complexity index is 1090. The minimum absolute atomic E-state index is 0.0732. The highest BCUT2D eigenvalue weighted by molar-refractivity contribution is 8.16. The number of ether oxygens (including phenoxy) is 3. The Hall–Kier alpha value is -3.20. The number of likely N-dealkylation sites (tertiary alicyclic amines) is 1. The number of esters is 1. The van der Waals surface area contributed by atoms with Crippen molar-refractivity contribution in [2.75, 3.05) is 33.9 Å². The van der Waals surface area contributed by atoms with Crippen LogP contribution in [0.2, 0.25) is 0 Å². The van der Waals surface area contributed by atoms with Crippen molar-refractivity contribution in [1.82, 2.24) is 9.80 Å². The summed E-state index contributed by atoms with van der Waals surface area (Å²) in [5.74, 6) is 0.646. The monoisotopic (exact) mass is 483 g/mol. The second-order valence-electron chi connectivity index (χ2n) is 8.13. The second kappa shape index (κ2) is 10.4. The number of carbonyl (C=O) groups is 2. The zero-order chi connectivity index (χ0) is 24.2. The molecule has 8 nitrogen and oxygen atoms in total. The van der Waals surface area contributed by atoms with Gasteiger partial charge in [0.2, 0.25) is 5.91 Å². The standard InChI is InChI=1S/C25H29N3O5S/c1-5-13-33-24(30)21-16(2)26-25-28(17(15-34-25)14-20(29)27-11-6-7-12-27)22(21)18-9-8-10-19(31-3)23(18)32-4/h5,8-10,15,22H,1,6-7,11-14H2,2-4H3/t22-/m1/s1. The van der Waals surface area contributed by atoms with Crippen LogP contribution in [0.15, 0.2) is 58.2 Å². The number of nitrogens with zero attached hydrogens (tertiary/aromatic N) is 3.